The van der Waals surface area contributed by atoms with Gasteiger partial charge in [0.2, 0.25) is 0 Å². The van der Waals surface area contributed by atoms with Gasteiger partial charge in [0.1, 0.15) is 5.15 Å². The Bertz CT molecular complexity index is 978. The fourth-order valence-corrected chi connectivity index (χ4v) is 3.32. The summed E-state index contributed by atoms with van der Waals surface area (Å²) >= 11 is 12.2. The summed E-state index contributed by atoms with van der Waals surface area (Å²) in [7, 11) is 0. The Morgan fingerprint density at radius 2 is 1.86 bits per heavy atom. The molecule has 0 radical (unpaired) electrons. The molecule has 0 aliphatic rings. The first-order valence-electron chi connectivity index (χ1n) is 9.48. The average Bonchev–Trinajstić information content (AvgIpc) is 2.72. The molecule has 2 aromatic heterocycles. The lowest BCUT2D eigenvalue weighted by Gasteiger charge is -2.12. The topological polar surface area (TPSA) is 71.8 Å². The van der Waals surface area contributed by atoms with E-state index < -0.39 is 0 Å². The number of nitrogens with one attached hydrogen (secondary N) is 2. The van der Waals surface area contributed by atoms with E-state index in [0.29, 0.717) is 37.0 Å². The van der Waals surface area contributed by atoms with Crippen LogP contribution in [0.4, 0.5) is 5.82 Å². The van der Waals surface area contributed by atoms with Crippen LogP contribution in [0.3, 0.4) is 0 Å². The smallest absolute Gasteiger partial charge is 0.294 e. The summed E-state index contributed by atoms with van der Waals surface area (Å²) in [6.45, 7) is 2.44. The van der Waals surface area contributed by atoms with Crippen molar-refractivity contribution in [3.63, 3.8) is 0 Å². The Labute approximate surface area is 179 Å². The largest absolute Gasteiger partial charge is 0.365 e. The van der Waals surface area contributed by atoms with Crippen LogP contribution in [0, 0.1) is 0 Å². The van der Waals surface area contributed by atoms with Crippen LogP contribution in [0.25, 0.3) is 0 Å². The van der Waals surface area contributed by atoms with E-state index >= 15 is 0 Å². The van der Waals surface area contributed by atoms with E-state index in [1.165, 1.54) is 16.3 Å². The minimum atomic E-state index is -0.227. The third-order valence-corrected chi connectivity index (χ3v) is 4.93. The Morgan fingerprint density at radius 3 is 2.66 bits per heavy atom. The summed E-state index contributed by atoms with van der Waals surface area (Å²) in [5, 5.41) is 7.47. The van der Waals surface area contributed by atoms with Gasteiger partial charge in [-0.2, -0.15) is 0 Å². The molecule has 8 heteroatoms. The highest BCUT2D eigenvalue weighted by Gasteiger charge is 2.09. The van der Waals surface area contributed by atoms with Gasteiger partial charge in [-0.05, 0) is 42.8 Å². The van der Waals surface area contributed by atoms with Gasteiger partial charge in [-0.1, -0.05) is 41.4 Å². The van der Waals surface area contributed by atoms with E-state index in [0.717, 1.165) is 23.7 Å². The summed E-state index contributed by atoms with van der Waals surface area (Å²) in [6.07, 6.45) is 4.82. The van der Waals surface area contributed by atoms with Gasteiger partial charge in [-0.3, -0.25) is 14.3 Å². The SMILES string of the molecule is O=c1c(NCCc2ccccn2)ncc(Cl)n1CCNCCc1cccc(Cl)c1. The fraction of sp³-hybridized carbons (Fsp3) is 0.286. The van der Waals surface area contributed by atoms with Crippen molar-refractivity contribution in [1.82, 2.24) is 19.9 Å². The third-order valence-electron chi connectivity index (χ3n) is 4.40. The molecule has 0 unspecified atom stereocenters. The second kappa shape index (κ2) is 11.0. The number of nitrogens with zero attached hydrogens (tertiary/aromatic N) is 3. The van der Waals surface area contributed by atoms with Crippen LogP contribution >= 0.6 is 23.2 Å². The average molecular weight is 432 g/mol. The van der Waals surface area contributed by atoms with E-state index in [2.05, 4.69) is 20.6 Å². The van der Waals surface area contributed by atoms with Gasteiger partial charge < -0.3 is 10.6 Å². The van der Waals surface area contributed by atoms with E-state index in [1.807, 2.05) is 42.5 Å². The molecule has 0 amide bonds. The molecule has 2 N–H and O–H groups in total. The molecule has 0 saturated carbocycles. The zero-order chi connectivity index (χ0) is 20.5. The zero-order valence-corrected chi connectivity index (χ0v) is 17.5. The molecule has 3 rings (SSSR count). The highest BCUT2D eigenvalue weighted by atomic mass is 35.5. The number of anilines is 1. The van der Waals surface area contributed by atoms with Crippen molar-refractivity contribution in [1.29, 1.82) is 0 Å². The minimum Gasteiger partial charge on any atom is -0.365 e. The highest BCUT2D eigenvalue weighted by Crippen LogP contribution is 2.10. The lowest BCUT2D eigenvalue weighted by molar-refractivity contribution is 0.585. The van der Waals surface area contributed by atoms with Crippen molar-refractivity contribution >= 4 is 29.0 Å². The normalized spacial score (nSPS) is 10.8. The molecule has 0 atom stereocenters. The molecule has 29 heavy (non-hydrogen) atoms. The Kier molecular flexibility index (Phi) is 8.04. The number of hydrogen-bond acceptors (Lipinski definition) is 5. The number of hydrogen-bond donors (Lipinski definition) is 2. The minimum absolute atomic E-state index is 0.227. The van der Waals surface area contributed by atoms with E-state index in [-0.39, 0.29) is 5.56 Å². The van der Waals surface area contributed by atoms with Crippen molar-refractivity contribution in [3.8, 4) is 0 Å². The maximum atomic E-state index is 12.7. The molecule has 0 spiro atoms. The number of rotatable bonds is 10. The summed E-state index contributed by atoms with van der Waals surface area (Å²) < 4.78 is 1.52. The first kappa shape index (κ1) is 21.3. The van der Waals surface area contributed by atoms with Crippen LogP contribution in [0.15, 0.2) is 59.7 Å². The molecule has 0 aliphatic carbocycles. The van der Waals surface area contributed by atoms with Crippen LogP contribution in [0.5, 0.6) is 0 Å². The summed E-state index contributed by atoms with van der Waals surface area (Å²) in [5.74, 6) is 0.296. The van der Waals surface area contributed by atoms with Crippen molar-refractivity contribution in [2.24, 2.45) is 0 Å². The van der Waals surface area contributed by atoms with Crippen molar-refractivity contribution in [3.05, 3.63) is 86.6 Å². The van der Waals surface area contributed by atoms with E-state index in [4.69, 9.17) is 23.2 Å². The first-order valence-corrected chi connectivity index (χ1v) is 10.2. The van der Waals surface area contributed by atoms with E-state index in [9.17, 15) is 4.79 Å². The van der Waals surface area contributed by atoms with Gasteiger partial charge in [0.05, 0.1) is 6.20 Å². The van der Waals surface area contributed by atoms with Crippen molar-refractivity contribution in [2.45, 2.75) is 19.4 Å². The van der Waals surface area contributed by atoms with Crippen LogP contribution in [0.2, 0.25) is 10.2 Å². The summed E-state index contributed by atoms with van der Waals surface area (Å²) in [4.78, 5) is 21.1. The maximum absolute atomic E-state index is 12.7. The molecule has 6 nitrogen and oxygen atoms in total. The van der Waals surface area contributed by atoms with Gasteiger partial charge >= 0.3 is 0 Å². The quantitative estimate of drug-likeness (QED) is 0.481. The number of halogens is 2. The molecule has 0 fully saturated rings. The zero-order valence-electron chi connectivity index (χ0n) is 15.9. The molecule has 1 aromatic carbocycles. The summed E-state index contributed by atoms with van der Waals surface area (Å²) in [6, 6.07) is 13.6. The van der Waals surface area contributed by atoms with Gasteiger partial charge in [0.15, 0.2) is 5.82 Å². The van der Waals surface area contributed by atoms with Gasteiger partial charge in [-0.15, -0.1) is 0 Å². The molecule has 2 heterocycles. The Morgan fingerprint density at radius 1 is 0.966 bits per heavy atom. The number of benzene rings is 1. The lowest BCUT2D eigenvalue weighted by Crippen LogP contribution is -2.31. The second-order valence-corrected chi connectivity index (χ2v) is 7.34. The monoisotopic (exact) mass is 431 g/mol. The van der Waals surface area contributed by atoms with Crippen LogP contribution in [0.1, 0.15) is 11.3 Å². The van der Waals surface area contributed by atoms with Gasteiger partial charge in [0, 0.05) is 43.0 Å². The third kappa shape index (κ3) is 6.56. The highest BCUT2D eigenvalue weighted by molar-refractivity contribution is 6.30. The predicted octanol–water partition coefficient (Wildman–Crippen LogP) is 3.43. The molecular weight excluding hydrogens is 409 g/mol. The van der Waals surface area contributed by atoms with Crippen LogP contribution in [-0.4, -0.2) is 34.2 Å². The van der Waals surface area contributed by atoms with Gasteiger partial charge in [0.25, 0.3) is 5.56 Å². The van der Waals surface area contributed by atoms with E-state index in [1.54, 1.807) is 6.20 Å². The fourth-order valence-electron chi connectivity index (χ4n) is 2.89. The molecule has 0 saturated heterocycles. The second-order valence-electron chi connectivity index (χ2n) is 6.51. The Hall–Kier alpha value is -2.41. The Balaban J connectivity index is 1.48. The van der Waals surface area contributed by atoms with Crippen molar-refractivity contribution in [2.75, 3.05) is 25.0 Å². The molecule has 3 aromatic rings. The lowest BCUT2D eigenvalue weighted by atomic mass is 10.1. The summed E-state index contributed by atoms with van der Waals surface area (Å²) in [5.41, 5.74) is 1.90. The number of pyridine rings is 1. The molecule has 0 bridgehead atoms. The maximum Gasteiger partial charge on any atom is 0.294 e. The van der Waals surface area contributed by atoms with Crippen molar-refractivity contribution < 1.29 is 0 Å². The molecule has 152 valence electrons. The standard InChI is InChI=1S/C21H23Cl2N5O/c22-17-5-3-4-16(14-17)7-10-24-12-13-28-19(23)15-27-20(21(28)29)26-11-8-18-6-1-2-9-25-18/h1-6,9,14-15,24H,7-8,10-13H2,(H,26,27). The van der Waals surface area contributed by atoms with Crippen LogP contribution in [-0.2, 0) is 19.4 Å². The van der Waals surface area contributed by atoms with Crippen LogP contribution < -0.4 is 16.2 Å². The molecule has 0 aliphatic heterocycles. The predicted molar refractivity (Wildman–Crippen MR) is 118 cm³/mol. The molecular formula is C21H23Cl2N5O. The number of aromatic nitrogens is 3. The first-order chi connectivity index (χ1) is 14.1. The van der Waals surface area contributed by atoms with Gasteiger partial charge in [-0.25, -0.2) is 4.98 Å².